The molecule has 162 valence electrons. The van der Waals surface area contributed by atoms with Crippen LogP contribution in [0.1, 0.15) is 28.8 Å². The third-order valence-electron chi connectivity index (χ3n) is 5.45. The second-order valence-corrected chi connectivity index (χ2v) is 7.81. The molecule has 4 aromatic rings. The summed E-state index contributed by atoms with van der Waals surface area (Å²) >= 11 is 0. The van der Waals surface area contributed by atoms with Crippen molar-refractivity contribution in [2.45, 2.75) is 32.9 Å². The largest absolute Gasteiger partial charge is 0.489 e. The number of rotatable bonds is 9. The molecule has 0 spiro atoms. The summed E-state index contributed by atoms with van der Waals surface area (Å²) in [5.74, 6) is 0.0328. The van der Waals surface area contributed by atoms with E-state index in [0.717, 1.165) is 39.3 Å². The van der Waals surface area contributed by atoms with Crippen molar-refractivity contribution < 1.29 is 14.6 Å². The molecule has 0 radical (unpaired) electrons. The van der Waals surface area contributed by atoms with E-state index in [2.05, 4.69) is 46.2 Å². The van der Waals surface area contributed by atoms with Gasteiger partial charge in [-0.05, 0) is 48.2 Å². The summed E-state index contributed by atoms with van der Waals surface area (Å²) in [5.41, 5.74) is 6.43. The van der Waals surface area contributed by atoms with E-state index in [9.17, 15) is 4.79 Å². The minimum atomic E-state index is -0.783. The molecule has 1 N–H and O–H groups in total. The number of carboxylic acid groups (broad SMARTS) is 1. The maximum absolute atomic E-state index is 11.1. The molecule has 0 saturated heterocycles. The minimum absolute atomic E-state index is 0.117. The number of pyridine rings is 1. The van der Waals surface area contributed by atoms with E-state index in [1.807, 2.05) is 49.4 Å². The summed E-state index contributed by atoms with van der Waals surface area (Å²) in [7, 11) is 0. The molecule has 5 nitrogen and oxygen atoms in total. The summed E-state index contributed by atoms with van der Waals surface area (Å²) in [6.45, 7) is 3.17. The Morgan fingerprint density at radius 1 is 0.969 bits per heavy atom. The zero-order valence-electron chi connectivity index (χ0n) is 18.1. The van der Waals surface area contributed by atoms with Gasteiger partial charge in [-0.1, -0.05) is 48.5 Å². The number of aliphatic carboxylic acids is 1. The number of hydrogen-bond acceptors (Lipinski definition) is 3. The molecule has 5 heteroatoms. The maximum Gasteiger partial charge on any atom is 0.303 e. The second-order valence-electron chi connectivity index (χ2n) is 7.81. The van der Waals surface area contributed by atoms with Gasteiger partial charge in [-0.25, -0.2) is 0 Å². The highest BCUT2D eigenvalue weighted by atomic mass is 16.5. The molecule has 0 amide bonds. The van der Waals surface area contributed by atoms with E-state index in [-0.39, 0.29) is 6.42 Å². The van der Waals surface area contributed by atoms with Crippen LogP contribution in [0.25, 0.3) is 11.1 Å². The van der Waals surface area contributed by atoms with E-state index in [4.69, 9.17) is 9.84 Å². The molecule has 32 heavy (non-hydrogen) atoms. The van der Waals surface area contributed by atoms with Crippen molar-refractivity contribution in [2.75, 3.05) is 0 Å². The van der Waals surface area contributed by atoms with E-state index >= 15 is 0 Å². The predicted octanol–water partition coefficient (Wildman–Crippen LogP) is 5.50. The number of ether oxygens (including phenoxy) is 1. The number of hydrogen-bond donors (Lipinski definition) is 1. The molecule has 0 aliphatic carbocycles. The van der Waals surface area contributed by atoms with Gasteiger partial charge in [0, 0.05) is 48.4 Å². The molecule has 2 heterocycles. The number of nitrogens with zero attached hydrogens (tertiary/aromatic N) is 2. The fourth-order valence-corrected chi connectivity index (χ4v) is 3.70. The summed E-state index contributed by atoms with van der Waals surface area (Å²) in [4.78, 5) is 15.4. The molecule has 0 fully saturated rings. The molecule has 2 aromatic carbocycles. The topological polar surface area (TPSA) is 64.4 Å². The van der Waals surface area contributed by atoms with Crippen LogP contribution >= 0.6 is 0 Å². The number of aryl methyl sites for hydroxylation is 2. The van der Waals surface area contributed by atoms with Crippen molar-refractivity contribution in [1.29, 1.82) is 0 Å². The van der Waals surface area contributed by atoms with Crippen molar-refractivity contribution in [3.8, 4) is 16.9 Å². The third-order valence-corrected chi connectivity index (χ3v) is 5.45. The highest BCUT2D eigenvalue weighted by Gasteiger charge is 2.11. The SMILES string of the molecule is Cc1ncccc1COc1ccc(Cn2cc(CCC(=O)O)c(-c3ccccc3)c2)cc1. The van der Waals surface area contributed by atoms with E-state index in [1.54, 1.807) is 6.20 Å². The fourth-order valence-electron chi connectivity index (χ4n) is 3.70. The summed E-state index contributed by atoms with van der Waals surface area (Å²) in [5, 5.41) is 9.11. The summed E-state index contributed by atoms with van der Waals surface area (Å²) < 4.78 is 8.03. The lowest BCUT2D eigenvalue weighted by molar-refractivity contribution is -0.136. The van der Waals surface area contributed by atoms with Gasteiger partial charge in [0.05, 0.1) is 0 Å². The first-order valence-electron chi connectivity index (χ1n) is 10.7. The minimum Gasteiger partial charge on any atom is -0.489 e. The van der Waals surface area contributed by atoms with Gasteiger partial charge in [0.2, 0.25) is 0 Å². The van der Waals surface area contributed by atoms with Crippen molar-refractivity contribution in [2.24, 2.45) is 0 Å². The first-order valence-corrected chi connectivity index (χ1v) is 10.7. The first-order chi connectivity index (χ1) is 15.6. The van der Waals surface area contributed by atoms with Crippen LogP contribution in [-0.4, -0.2) is 20.6 Å². The number of carboxylic acids is 1. The quantitative estimate of drug-likeness (QED) is 0.384. The fraction of sp³-hybridized carbons (Fsp3) is 0.185. The van der Waals surface area contributed by atoms with Gasteiger partial charge in [0.25, 0.3) is 0 Å². The van der Waals surface area contributed by atoms with E-state index < -0.39 is 5.97 Å². The number of aromatic nitrogens is 2. The molecule has 0 atom stereocenters. The Morgan fingerprint density at radius 3 is 2.47 bits per heavy atom. The van der Waals surface area contributed by atoms with Crippen LogP contribution in [0.15, 0.2) is 85.3 Å². The lowest BCUT2D eigenvalue weighted by Gasteiger charge is -2.09. The van der Waals surface area contributed by atoms with Gasteiger partial charge in [-0.3, -0.25) is 9.78 Å². The van der Waals surface area contributed by atoms with Crippen molar-refractivity contribution in [1.82, 2.24) is 9.55 Å². The highest BCUT2D eigenvalue weighted by Crippen LogP contribution is 2.27. The van der Waals surface area contributed by atoms with Gasteiger partial charge in [0.15, 0.2) is 0 Å². The zero-order chi connectivity index (χ0) is 22.3. The maximum atomic E-state index is 11.1. The Kier molecular flexibility index (Phi) is 6.66. The number of benzene rings is 2. The first kappa shape index (κ1) is 21.4. The molecule has 4 rings (SSSR count). The monoisotopic (exact) mass is 426 g/mol. The molecule has 0 unspecified atom stereocenters. The third kappa shape index (κ3) is 5.43. The molecule has 0 aliphatic rings. The lowest BCUT2D eigenvalue weighted by atomic mass is 10.0. The highest BCUT2D eigenvalue weighted by molar-refractivity contribution is 5.70. The van der Waals surface area contributed by atoms with Gasteiger partial charge in [0.1, 0.15) is 12.4 Å². The van der Waals surface area contributed by atoms with Crippen LogP contribution in [0, 0.1) is 6.92 Å². The van der Waals surface area contributed by atoms with Crippen LogP contribution < -0.4 is 4.74 Å². The average molecular weight is 427 g/mol. The summed E-state index contributed by atoms with van der Waals surface area (Å²) in [6, 6.07) is 22.1. The van der Waals surface area contributed by atoms with Crippen molar-refractivity contribution >= 4 is 5.97 Å². The lowest BCUT2D eigenvalue weighted by Crippen LogP contribution is -2.00. The molecular formula is C27H26N2O3. The molecular weight excluding hydrogens is 400 g/mol. The Hall–Kier alpha value is -3.86. The van der Waals surface area contributed by atoms with E-state index in [1.165, 1.54) is 0 Å². The van der Waals surface area contributed by atoms with Crippen LogP contribution in [0.4, 0.5) is 0 Å². The van der Waals surface area contributed by atoms with Crippen molar-refractivity contribution in [3.63, 3.8) is 0 Å². The van der Waals surface area contributed by atoms with Crippen LogP contribution in [0.3, 0.4) is 0 Å². The number of carbonyl (C=O) groups is 1. The van der Waals surface area contributed by atoms with Gasteiger partial charge >= 0.3 is 5.97 Å². The Bertz CT molecular complexity index is 1180. The molecule has 0 aliphatic heterocycles. The normalized spacial score (nSPS) is 10.8. The van der Waals surface area contributed by atoms with Crippen LogP contribution in [0.2, 0.25) is 0 Å². The van der Waals surface area contributed by atoms with Gasteiger partial charge in [-0.15, -0.1) is 0 Å². The van der Waals surface area contributed by atoms with Gasteiger partial charge < -0.3 is 14.4 Å². The molecule has 0 saturated carbocycles. The molecule has 2 aromatic heterocycles. The zero-order valence-corrected chi connectivity index (χ0v) is 18.1. The second kappa shape index (κ2) is 9.96. The van der Waals surface area contributed by atoms with Crippen LogP contribution in [0.5, 0.6) is 5.75 Å². The smallest absolute Gasteiger partial charge is 0.303 e. The van der Waals surface area contributed by atoms with Crippen LogP contribution in [-0.2, 0) is 24.4 Å². The Morgan fingerprint density at radius 2 is 1.75 bits per heavy atom. The summed E-state index contributed by atoms with van der Waals surface area (Å²) in [6.07, 6.45) is 6.56. The van der Waals surface area contributed by atoms with E-state index in [0.29, 0.717) is 19.6 Å². The standard InChI is InChI=1S/C27H26N2O3/c1-20-24(8-5-15-28-20)19-32-25-12-9-21(10-13-25)16-29-17-23(11-14-27(30)31)26(18-29)22-6-3-2-4-7-22/h2-10,12-13,15,17-18H,11,14,16,19H2,1H3,(H,30,31). The van der Waals surface area contributed by atoms with Crippen molar-refractivity contribution in [3.05, 3.63) is 108 Å². The predicted molar refractivity (Wildman–Crippen MR) is 125 cm³/mol. The average Bonchev–Trinajstić information content (AvgIpc) is 3.21. The Labute approximate surface area is 188 Å². The Balaban J connectivity index is 1.46. The van der Waals surface area contributed by atoms with Gasteiger partial charge in [-0.2, -0.15) is 0 Å². The molecule has 0 bridgehead atoms.